The van der Waals surface area contributed by atoms with Gasteiger partial charge >= 0.3 is 0 Å². The smallest absolute Gasteiger partial charge is 0.251 e. The fraction of sp³-hybridized carbons (Fsp3) is 0.250. The lowest BCUT2D eigenvalue weighted by molar-refractivity contribution is 0.0869. The number of anilines is 1. The maximum atomic E-state index is 12.5. The molecule has 0 aliphatic carbocycles. The summed E-state index contributed by atoms with van der Waals surface area (Å²) in [4.78, 5) is 18.8. The molecular formula is C28H32N6O2. The number of benzene rings is 2. The number of amides is 1. The molecule has 3 aromatic rings. The molecule has 0 bridgehead atoms. The van der Waals surface area contributed by atoms with Crippen LogP contribution in [-0.2, 0) is 0 Å². The van der Waals surface area contributed by atoms with Crippen LogP contribution in [0.15, 0.2) is 54.9 Å². The van der Waals surface area contributed by atoms with Crippen molar-refractivity contribution >= 4 is 34.3 Å². The summed E-state index contributed by atoms with van der Waals surface area (Å²) in [6.45, 7) is 6.47. The Balaban J connectivity index is 1.76. The molecule has 0 saturated heterocycles. The molecule has 1 aromatic heterocycles. The third-order valence-corrected chi connectivity index (χ3v) is 5.93. The zero-order valence-corrected chi connectivity index (χ0v) is 20.6. The summed E-state index contributed by atoms with van der Waals surface area (Å²) in [5, 5.41) is 22.2. The van der Waals surface area contributed by atoms with E-state index in [1.165, 1.54) is 12.4 Å². The molecule has 1 amide bonds. The van der Waals surface area contributed by atoms with Crippen LogP contribution in [0, 0.1) is 17.3 Å². The minimum Gasteiger partial charge on any atom is -0.404 e. The van der Waals surface area contributed by atoms with Crippen LogP contribution in [0.5, 0.6) is 0 Å². The summed E-state index contributed by atoms with van der Waals surface area (Å²) in [5.74, 6) is 6.25. The van der Waals surface area contributed by atoms with Gasteiger partial charge in [0.05, 0.1) is 11.7 Å². The number of fused-ring (bicyclic) bond motifs is 1. The Kier molecular flexibility index (Phi) is 9.17. The van der Waals surface area contributed by atoms with Crippen molar-refractivity contribution in [3.05, 3.63) is 77.1 Å². The van der Waals surface area contributed by atoms with Gasteiger partial charge in [-0.15, -0.1) is 0 Å². The average molecular weight is 485 g/mol. The van der Waals surface area contributed by atoms with E-state index in [4.69, 9.17) is 16.9 Å². The molecule has 7 N–H and O–H groups in total. The first-order valence-corrected chi connectivity index (χ1v) is 11.8. The summed E-state index contributed by atoms with van der Waals surface area (Å²) >= 11 is 0. The topological polar surface area (TPSA) is 141 Å². The van der Waals surface area contributed by atoms with Crippen molar-refractivity contribution in [2.24, 2.45) is 5.73 Å². The highest BCUT2D eigenvalue weighted by Crippen LogP contribution is 2.25. The molecule has 1 heterocycles. The SMILES string of the molecule is CCN(CC)CC(O)CNC(=O)c1ccc(C#Cc2c(N)ncc3ccc(/C(C=N)=C/N)cc23)cc1. The maximum Gasteiger partial charge on any atom is 0.251 e. The number of rotatable bonds is 9. The van der Waals surface area contributed by atoms with Gasteiger partial charge in [-0.25, -0.2) is 4.98 Å². The molecule has 0 radical (unpaired) electrons. The van der Waals surface area contributed by atoms with E-state index in [1.807, 2.05) is 32.0 Å². The van der Waals surface area contributed by atoms with Gasteiger partial charge < -0.3 is 32.2 Å². The molecular weight excluding hydrogens is 452 g/mol. The molecule has 2 aromatic carbocycles. The molecule has 0 aliphatic rings. The van der Waals surface area contributed by atoms with Crippen molar-refractivity contribution in [2.45, 2.75) is 20.0 Å². The Hall–Kier alpha value is -4.19. The van der Waals surface area contributed by atoms with Gasteiger partial charge in [0.1, 0.15) is 5.82 Å². The standard InChI is InChI=1S/C28H32N6O2/c1-3-34(4-2)18-24(35)17-33-28(36)20-8-5-19(6-9-20)7-12-25-26-13-21(23(14-29)15-30)10-11-22(26)16-32-27(25)31/h5-6,8-11,13-16,24,29,35H,3-4,17-18,30H2,1-2H3,(H2,31,32)(H,33,36)/b23-15+,29-14?. The number of pyridine rings is 1. The van der Waals surface area contributed by atoms with Crippen molar-refractivity contribution in [3.63, 3.8) is 0 Å². The average Bonchev–Trinajstić information content (AvgIpc) is 2.90. The summed E-state index contributed by atoms with van der Waals surface area (Å²) in [6, 6.07) is 12.6. The number of aromatic nitrogens is 1. The van der Waals surface area contributed by atoms with Crippen molar-refractivity contribution in [1.29, 1.82) is 5.41 Å². The van der Waals surface area contributed by atoms with Gasteiger partial charge in [-0.2, -0.15) is 0 Å². The molecule has 0 aliphatic heterocycles. The number of hydrogen-bond donors (Lipinski definition) is 5. The minimum absolute atomic E-state index is 0.186. The van der Waals surface area contributed by atoms with Crippen LogP contribution >= 0.6 is 0 Å². The number of nitrogens with two attached hydrogens (primary N) is 2. The van der Waals surface area contributed by atoms with Gasteiger partial charge in [0.25, 0.3) is 5.91 Å². The maximum absolute atomic E-state index is 12.5. The molecule has 8 heteroatoms. The number of nitrogens with one attached hydrogen (secondary N) is 2. The summed E-state index contributed by atoms with van der Waals surface area (Å²) in [7, 11) is 0. The third-order valence-electron chi connectivity index (χ3n) is 5.93. The van der Waals surface area contributed by atoms with E-state index in [0.717, 1.165) is 29.4 Å². The van der Waals surface area contributed by atoms with Crippen molar-refractivity contribution in [1.82, 2.24) is 15.2 Å². The number of allylic oxidation sites excluding steroid dienone is 1. The van der Waals surface area contributed by atoms with Crippen LogP contribution in [0.1, 0.15) is 40.9 Å². The molecule has 0 saturated carbocycles. The highest BCUT2D eigenvalue weighted by molar-refractivity contribution is 6.09. The monoisotopic (exact) mass is 484 g/mol. The number of carbonyl (C=O) groups is 1. The molecule has 1 atom stereocenters. The van der Waals surface area contributed by atoms with E-state index in [-0.39, 0.29) is 12.5 Å². The van der Waals surface area contributed by atoms with E-state index in [1.54, 1.807) is 30.5 Å². The molecule has 0 fully saturated rings. The molecule has 0 spiro atoms. The molecule has 1 unspecified atom stereocenters. The molecule has 36 heavy (non-hydrogen) atoms. The molecule has 186 valence electrons. The van der Waals surface area contributed by atoms with E-state index in [9.17, 15) is 9.90 Å². The lowest BCUT2D eigenvalue weighted by Crippen LogP contribution is -2.40. The van der Waals surface area contributed by atoms with Crippen molar-refractivity contribution in [2.75, 3.05) is 31.9 Å². The van der Waals surface area contributed by atoms with Crippen molar-refractivity contribution in [3.8, 4) is 11.8 Å². The molecule has 8 nitrogen and oxygen atoms in total. The summed E-state index contributed by atoms with van der Waals surface area (Å²) in [5.41, 5.74) is 14.9. The predicted molar refractivity (Wildman–Crippen MR) is 146 cm³/mol. The lowest BCUT2D eigenvalue weighted by Gasteiger charge is -2.22. The van der Waals surface area contributed by atoms with Crippen molar-refractivity contribution < 1.29 is 9.90 Å². The number of nitrogen functional groups attached to an aromatic ring is 1. The Morgan fingerprint density at radius 2 is 1.86 bits per heavy atom. The number of aliphatic hydroxyl groups is 1. The van der Waals surface area contributed by atoms with Gasteiger partial charge in [0.15, 0.2) is 0 Å². The zero-order valence-electron chi connectivity index (χ0n) is 20.6. The summed E-state index contributed by atoms with van der Waals surface area (Å²) in [6.07, 6.45) is 3.63. The van der Waals surface area contributed by atoms with Gasteiger partial charge in [0, 0.05) is 59.2 Å². The lowest BCUT2D eigenvalue weighted by atomic mass is 10.00. The highest BCUT2D eigenvalue weighted by Gasteiger charge is 2.12. The van der Waals surface area contributed by atoms with Crippen LogP contribution in [-0.4, -0.2) is 59.4 Å². The number of carbonyl (C=O) groups excluding carboxylic acids is 1. The fourth-order valence-corrected chi connectivity index (χ4v) is 3.76. The normalized spacial score (nSPS) is 12.2. The van der Waals surface area contributed by atoms with Crippen LogP contribution in [0.2, 0.25) is 0 Å². The second-order valence-electron chi connectivity index (χ2n) is 8.26. The van der Waals surface area contributed by atoms with Gasteiger partial charge in [0.2, 0.25) is 0 Å². The Bertz CT molecular complexity index is 1320. The van der Waals surface area contributed by atoms with E-state index < -0.39 is 6.10 Å². The number of hydrogen-bond acceptors (Lipinski definition) is 7. The first kappa shape index (κ1) is 26.4. The highest BCUT2D eigenvalue weighted by atomic mass is 16.3. The zero-order chi connectivity index (χ0) is 26.1. The summed E-state index contributed by atoms with van der Waals surface area (Å²) < 4.78 is 0. The minimum atomic E-state index is -0.630. The van der Waals surface area contributed by atoms with Gasteiger partial charge in [-0.05, 0) is 49.0 Å². The molecule has 3 rings (SSSR count). The Morgan fingerprint density at radius 1 is 1.17 bits per heavy atom. The number of aliphatic hydroxyl groups excluding tert-OH is 1. The first-order chi connectivity index (χ1) is 17.4. The fourth-order valence-electron chi connectivity index (χ4n) is 3.76. The van der Waals surface area contributed by atoms with E-state index >= 15 is 0 Å². The Morgan fingerprint density at radius 3 is 2.50 bits per heavy atom. The largest absolute Gasteiger partial charge is 0.404 e. The second kappa shape index (κ2) is 12.5. The van der Waals surface area contributed by atoms with Crippen LogP contribution in [0.4, 0.5) is 5.82 Å². The van der Waals surface area contributed by atoms with E-state index in [0.29, 0.717) is 34.6 Å². The van der Waals surface area contributed by atoms with Gasteiger partial charge in [-0.1, -0.05) is 37.8 Å². The predicted octanol–water partition coefficient (Wildman–Crippen LogP) is 2.60. The van der Waals surface area contributed by atoms with Crippen LogP contribution < -0.4 is 16.8 Å². The number of likely N-dealkylation sites (N-methyl/N-ethyl adjacent to an activating group) is 1. The first-order valence-electron chi connectivity index (χ1n) is 11.8. The number of nitrogens with zero attached hydrogens (tertiary/aromatic N) is 2. The quantitative estimate of drug-likeness (QED) is 0.233. The second-order valence-corrected chi connectivity index (χ2v) is 8.26. The Labute approximate surface area is 211 Å². The van der Waals surface area contributed by atoms with Crippen LogP contribution in [0.3, 0.4) is 0 Å². The third kappa shape index (κ3) is 6.48. The van der Waals surface area contributed by atoms with E-state index in [2.05, 4.69) is 27.0 Å². The van der Waals surface area contributed by atoms with Gasteiger partial charge in [-0.3, -0.25) is 4.79 Å². The van der Waals surface area contributed by atoms with Crippen LogP contribution in [0.25, 0.3) is 16.3 Å².